The van der Waals surface area contributed by atoms with E-state index in [0.29, 0.717) is 22.6 Å². The molecule has 2 aliphatic rings. The van der Waals surface area contributed by atoms with Crippen LogP contribution >= 0.6 is 12.2 Å². The molecule has 1 aliphatic heterocycles. The number of ether oxygens (including phenoxy) is 1. The van der Waals surface area contributed by atoms with Crippen molar-refractivity contribution in [2.24, 2.45) is 0 Å². The Morgan fingerprint density at radius 1 is 1.11 bits per heavy atom. The van der Waals surface area contributed by atoms with E-state index < -0.39 is 10.0 Å². The van der Waals surface area contributed by atoms with E-state index in [-0.39, 0.29) is 12.1 Å². The number of pyridine rings is 1. The standard InChI is InChI=1S/C26H31N5O3S2/c1-34-23-17-19(13-14-20(23)29-36(2,32)33)31-25(24(28-26(31)35)21-11-6-7-15-27-21)22-12-8-16-30(22)18-9-4-3-5-10-18/h6-8,11-18,24-25,29H,3-5,9-10H2,1-2H3,(H,28,35)/t24-,25+/m0/s1. The molecule has 1 aliphatic carbocycles. The molecule has 0 bridgehead atoms. The molecule has 2 fully saturated rings. The average Bonchev–Trinajstić information content (AvgIpc) is 3.49. The molecule has 0 radical (unpaired) electrons. The van der Waals surface area contributed by atoms with Crippen LogP contribution in [0.15, 0.2) is 60.9 Å². The summed E-state index contributed by atoms with van der Waals surface area (Å²) in [4.78, 5) is 6.75. The molecule has 0 unspecified atom stereocenters. The van der Waals surface area contributed by atoms with Crippen LogP contribution in [0, 0.1) is 0 Å². The predicted octanol–water partition coefficient (Wildman–Crippen LogP) is 4.95. The number of thiocarbonyl (C=S) groups is 1. The number of nitrogens with one attached hydrogen (secondary N) is 2. The fraction of sp³-hybridized carbons (Fsp3) is 0.385. The maximum Gasteiger partial charge on any atom is 0.229 e. The van der Waals surface area contributed by atoms with Gasteiger partial charge in [0.05, 0.1) is 30.8 Å². The van der Waals surface area contributed by atoms with Gasteiger partial charge in [-0.25, -0.2) is 8.42 Å². The fourth-order valence-corrected chi connectivity index (χ4v) is 6.31. The minimum atomic E-state index is -3.45. The maximum absolute atomic E-state index is 11.8. The molecule has 1 saturated carbocycles. The Labute approximate surface area is 217 Å². The lowest BCUT2D eigenvalue weighted by atomic mass is 9.94. The summed E-state index contributed by atoms with van der Waals surface area (Å²) >= 11 is 5.88. The largest absolute Gasteiger partial charge is 0.494 e. The highest BCUT2D eigenvalue weighted by Gasteiger charge is 2.42. The van der Waals surface area contributed by atoms with Crippen molar-refractivity contribution >= 4 is 38.7 Å². The van der Waals surface area contributed by atoms with E-state index >= 15 is 0 Å². The zero-order valence-corrected chi connectivity index (χ0v) is 22.1. The van der Waals surface area contributed by atoms with Crippen LogP contribution in [0.2, 0.25) is 0 Å². The van der Waals surface area contributed by atoms with Gasteiger partial charge in [0.1, 0.15) is 11.8 Å². The third-order valence-corrected chi connectivity index (χ3v) is 7.84. The van der Waals surface area contributed by atoms with Gasteiger partial charge in [-0.3, -0.25) is 9.71 Å². The van der Waals surface area contributed by atoms with Crippen molar-refractivity contribution in [1.82, 2.24) is 14.9 Å². The quantitative estimate of drug-likeness (QED) is 0.422. The Balaban J connectivity index is 1.60. The van der Waals surface area contributed by atoms with E-state index in [1.807, 2.05) is 30.3 Å². The molecule has 2 N–H and O–H groups in total. The Kier molecular flexibility index (Phi) is 6.90. The first-order valence-electron chi connectivity index (χ1n) is 12.2. The van der Waals surface area contributed by atoms with Gasteiger partial charge >= 0.3 is 0 Å². The minimum absolute atomic E-state index is 0.150. The lowest BCUT2D eigenvalue weighted by Crippen LogP contribution is -2.31. The van der Waals surface area contributed by atoms with E-state index in [2.05, 4.69) is 42.8 Å². The Morgan fingerprint density at radius 3 is 2.61 bits per heavy atom. The van der Waals surface area contributed by atoms with Crippen molar-refractivity contribution in [3.8, 4) is 5.75 Å². The van der Waals surface area contributed by atoms with Gasteiger partial charge in [-0.05, 0) is 61.5 Å². The van der Waals surface area contributed by atoms with Gasteiger partial charge in [-0.2, -0.15) is 0 Å². The van der Waals surface area contributed by atoms with Gasteiger partial charge in [0.15, 0.2) is 5.11 Å². The van der Waals surface area contributed by atoms with Crippen molar-refractivity contribution in [3.05, 3.63) is 72.3 Å². The van der Waals surface area contributed by atoms with Crippen molar-refractivity contribution in [2.45, 2.75) is 50.2 Å². The van der Waals surface area contributed by atoms with Crippen molar-refractivity contribution < 1.29 is 13.2 Å². The lowest BCUT2D eigenvalue weighted by Gasteiger charge is -2.32. The molecule has 1 saturated heterocycles. The third kappa shape index (κ3) is 4.92. The molecule has 5 rings (SSSR count). The highest BCUT2D eigenvalue weighted by molar-refractivity contribution is 7.92. The van der Waals surface area contributed by atoms with Crippen LogP contribution in [0.1, 0.15) is 61.6 Å². The first kappa shape index (κ1) is 24.6. The van der Waals surface area contributed by atoms with Crippen LogP contribution in [-0.2, 0) is 10.0 Å². The lowest BCUT2D eigenvalue weighted by molar-refractivity contribution is 0.340. The second-order valence-corrected chi connectivity index (χ2v) is 11.5. The molecule has 190 valence electrons. The molecule has 2 aromatic heterocycles. The van der Waals surface area contributed by atoms with Crippen LogP contribution in [0.3, 0.4) is 0 Å². The van der Waals surface area contributed by atoms with Crippen LogP contribution in [0.5, 0.6) is 5.75 Å². The number of sulfonamides is 1. The monoisotopic (exact) mass is 525 g/mol. The predicted molar refractivity (Wildman–Crippen MR) is 146 cm³/mol. The Morgan fingerprint density at radius 2 is 1.92 bits per heavy atom. The van der Waals surface area contributed by atoms with Gasteiger partial charge in [0.2, 0.25) is 10.0 Å². The molecule has 3 aromatic rings. The SMILES string of the molecule is COc1cc(N2C(=S)N[C@@H](c3ccccn3)[C@H]2c2cccn2C2CCCCC2)ccc1NS(C)(=O)=O. The molecule has 0 spiro atoms. The summed E-state index contributed by atoms with van der Waals surface area (Å²) in [5.74, 6) is 0.420. The molecule has 8 nitrogen and oxygen atoms in total. The van der Waals surface area contributed by atoms with Gasteiger partial charge < -0.3 is 19.5 Å². The summed E-state index contributed by atoms with van der Waals surface area (Å²) in [6.45, 7) is 0. The third-order valence-electron chi connectivity index (χ3n) is 6.94. The van der Waals surface area contributed by atoms with Crippen molar-refractivity contribution in [2.75, 3.05) is 23.0 Å². The van der Waals surface area contributed by atoms with Gasteiger partial charge in [-0.1, -0.05) is 25.3 Å². The Hall–Kier alpha value is -3.11. The average molecular weight is 526 g/mol. The van der Waals surface area contributed by atoms with Gasteiger partial charge in [-0.15, -0.1) is 0 Å². The van der Waals surface area contributed by atoms with Gasteiger partial charge in [0, 0.05) is 35.9 Å². The maximum atomic E-state index is 11.8. The van der Waals surface area contributed by atoms with Crippen LogP contribution < -0.4 is 19.7 Å². The number of hydrogen-bond acceptors (Lipinski definition) is 5. The number of anilines is 2. The topological polar surface area (TPSA) is 88.5 Å². The summed E-state index contributed by atoms with van der Waals surface area (Å²) in [6, 6.07) is 15.8. The zero-order chi connectivity index (χ0) is 25.3. The van der Waals surface area contributed by atoms with E-state index in [1.54, 1.807) is 12.3 Å². The van der Waals surface area contributed by atoms with Crippen LogP contribution in [0.25, 0.3) is 0 Å². The van der Waals surface area contributed by atoms with Crippen molar-refractivity contribution in [3.63, 3.8) is 0 Å². The van der Waals surface area contributed by atoms with Gasteiger partial charge in [0.25, 0.3) is 0 Å². The highest BCUT2D eigenvalue weighted by atomic mass is 32.2. The summed E-state index contributed by atoms with van der Waals surface area (Å²) in [5.41, 5.74) is 3.27. The summed E-state index contributed by atoms with van der Waals surface area (Å²) in [5, 5.41) is 4.09. The second-order valence-electron chi connectivity index (χ2n) is 9.39. The number of methoxy groups -OCH3 is 1. The molecule has 3 heterocycles. The first-order chi connectivity index (χ1) is 17.4. The molecular weight excluding hydrogens is 494 g/mol. The number of hydrogen-bond donors (Lipinski definition) is 2. The number of benzene rings is 1. The minimum Gasteiger partial charge on any atom is -0.494 e. The summed E-state index contributed by atoms with van der Waals surface area (Å²) < 4.78 is 34.2. The first-order valence-corrected chi connectivity index (χ1v) is 14.5. The van der Waals surface area contributed by atoms with E-state index in [4.69, 9.17) is 17.0 Å². The highest BCUT2D eigenvalue weighted by Crippen LogP contribution is 2.44. The molecule has 2 atom stereocenters. The smallest absolute Gasteiger partial charge is 0.229 e. The van der Waals surface area contributed by atoms with Crippen molar-refractivity contribution in [1.29, 1.82) is 0 Å². The summed E-state index contributed by atoms with van der Waals surface area (Å²) in [6.07, 6.45) is 11.2. The van der Waals surface area contributed by atoms with E-state index in [1.165, 1.54) is 44.9 Å². The molecule has 0 amide bonds. The zero-order valence-electron chi connectivity index (χ0n) is 20.4. The van der Waals surface area contributed by atoms with Crippen LogP contribution in [-0.4, -0.2) is 36.4 Å². The van der Waals surface area contributed by atoms with E-state index in [9.17, 15) is 8.42 Å². The number of nitrogens with zero attached hydrogens (tertiary/aromatic N) is 3. The normalized spacial score (nSPS) is 20.8. The Bertz CT molecular complexity index is 1340. The number of rotatable bonds is 7. The second kappa shape index (κ2) is 10.1. The fourth-order valence-electron chi connectivity index (χ4n) is 5.40. The molecule has 10 heteroatoms. The molecule has 36 heavy (non-hydrogen) atoms. The number of aromatic nitrogens is 2. The molecular formula is C26H31N5O3S2. The van der Waals surface area contributed by atoms with E-state index in [0.717, 1.165) is 17.6 Å². The van der Waals surface area contributed by atoms with Crippen LogP contribution in [0.4, 0.5) is 11.4 Å². The molecule has 1 aromatic carbocycles. The summed E-state index contributed by atoms with van der Waals surface area (Å²) in [7, 11) is -1.93.